The Morgan fingerprint density at radius 2 is 1.71 bits per heavy atom. The molecule has 0 heterocycles. The Balaban J connectivity index is 2.53. The average Bonchev–Trinajstić information content (AvgIpc) is 2.36. The molecule has 0 spiro atoms. The molecule has 0 fully saturated rings. The molecule has 0 saturated carbocycles. The molecule has 118 valence electrons. The van der Waals surface area contributed by atoms with Crippen molar-refractivity contribution in [3.8, 4) is 0 Å². The van der Waals surface area contributed by atoms with Crippen LogP contribution in [0.4, 0.5) is 5.69 Å². The molecule has 6 heteroatoms. The lowest BCUT2D eigenvalue weighted by Gasteiger charge is -2.15. The summed E-state index contributed by atoms with van der Waals surface area (Å²) in [4.78, 5) is 11.9. The second kappa shape index (κ2) is 7.56. The number of sulfonamides is 1. The van der Waals surface area contributed by atoms with Crippen LogP contribution < -0.4 is 10.0 Å². The van der Waals surface area contributed by atoms with E-state index in [9.17, 15) is 13.2 Å². The maximum absolute atomic E-state index is 11.9. The molecular formula is C15H24N2O3S. The number of benzene rings is 1. The number of anilines is 1. The van der Waals surface area contributed by atoms with E-state index in [4.69, 9.17) is 0 Å². The van der Waals surface area contributed by atoms with Crippen molar-refractivity contribution >= 4 is 21.6 Å². The van der Waals surface area contributed by atoms with Crippen molar-refractivity contribution in [2.45, 2.75) is 33.7 Å². The van der Waals surface area contributed by atoms with Crippen LogP contribution in [0.3, 0.4) is 0 Å². The Morgan fingerprint density at radius 1 is 1.14 bits per heavy atom. The first kappa shape index (κ1) is 17.7. The number of hydrogen-bond donors (Lipinski definition) is 2. The first-order valence-corrected chi connectivity index (χ1v) is 8.90. The van der Waals surface area contributed by atoms with Gasteiger partial charge in [-0.1, -0.05) is 32.9 Å². The molecule has 1 aromatic rings. The largest absolute Gasteiger partial charge is 0.326 e. The third-order valence-electron chi connectivity index (χ3n) is 3.42. The summed E-state index contributed by atoms with van der Waals surface area (Å²) in [5.74, 6) is 0.807. The summed E-state index contributed by atoms with van der Waals surface area (Å²) in [6.45, 7) is 6.50. The van der Waals surface area contributed by atoms with Crippen molar-refractivity contribution in [2.24, 2.45) is 11.8 Å². The van der Waals surface area contributed by atoms with Gasteiger partial charge in [0.1, 0.15) is 0 Å². The predicted octanol–water partition coefficient (Wildman–Crippen LogP) is 2.36. The van der Waals surface area contributed by atoms with Crippen molar-refractivity contribution in [1.29, 1.82) is 0 Å². The summed E-state index contributed by atoms with van der Waals surface area (Å²) >= 11 is 0. The topological polar surface area (TPSA) is 75.3 Å². The number of hydrogen-bond acceptors (Lipinski definition) is 3. The molecule has 0 radical (unpaired) electrons. The standard InChI is InChI=1S/C15H24N2O3S/c1-11(2)12(3)9-15(18)17-14-7-5-13(6-8-14)10-16-21(4,19)20/h5-8,11-12,16H,9-10H2,1-4H3,(H,17,18)/t12-/m1/s1. The summed E-state index contributed by atoms with van der Waals surface area (Å²) in [7, 11) is -3.19. The highest BCUT2D eigenvalue weighted by Crippen LogP contribution is 2.16. The van der Waals surface area contributed by atoms with E-state index in [1.54, 1.807) is 24.3 Å². The van der Waals surface area contributed by atoms with Crippen LogP contribution in [0.15, 0.2) is 24.3 Å². The molecule has 1 aromatic carbocycles. The zero-order chi connectivity index (χ0) is 16.0. The van der Waals surface area contributed by atoms with Crippen LogP contribution in [-0.2, 0) is 21.4 Å². The Labute approximate surface area is 127 Å². The summed E-state index contributed by atoms with van der Waals surface area (Å²) in [5, 5.41) is 2.85. The molecule has 0 aliphatic heterocycles. The maximum Gasteiger partial charge on any atom is 0.224 e. The van der Waals surface area contributed by atoms with Crippen molar-refractivity contribution in [3.63, 3.8) is 0 Å². The molecular weight excluding hydrogens is 288 g/mol. The van der Waals surface area contributed by atoms with Crippen molar-refractivity contribution in [2.75, 3.05) is 11.6 Å². The monoisotopic (exact) mass is 312 g/mol. The highest BCUT2D eigenvalue weighted by atomic mass is 32.2. The molecule has 0 aliphatic rings. The predicted molar refractivity (Wildman–Crippen MR) is 85.4 cm³/mol. The molecule has 1 rings (SSSR count). The van der Waals surface area contributed by atoms with E-state index in [2.05, 4.69) is 30.8 Å². The van der Waals surface area contributed by atoms with Gasteiger partial charge in [0.25, 0.3) is 0 Å². The highest BCUT2D eigenvalue weighted by molar-refractivity contribution is 7.88. The van der Waals surface area contributed by atoms with Gasteiger partial charge in [-0.05, 0) is 29.5 Å². The van der Waals surface area contributed by atoms with Gasteiger partial charge in [0, 0.05) is 18.7 Å². The molecule has 0 bridgehead atoms. The van der Waals surface area contributed by atoms with Gasteiger partial charge in [-0.3, -0.25) is 4.79 Å². The van der Waals surface area contributed by atoms with E-state index >= 15 is 0 Å². The Kier molecular flexibility index (Phi) is 6.36. The van der Waals surface area contributed by atoms with Gasteiger partial charge in [-0.2, -0.15) is 0 Å². The lowest BCUT2D eigenvalue weighted by Crippen LogP contribution is -2.21. The number of nitrogens with one attached hydrogen (secondary N) is 2. The number of carbonyl (C=O) groups excluding carboxylic acids is 1. The van der Waals surface area contributed by atoms with E-state index in [0.717, 1.165) is 17.5 Å². The molecule has 1 amide bonds. The molecule has 0 saturated heterocycles. The fraction of sp³-hybridized carbons (Fsp3) is 0.533. The lowest BCUT2D eigenvalue weighted by molar-refractivity contribution is -0.117. The highest BCUT2D eigenvalue weighted by Gasteiger charge is 2.12. The summed E-state index contributed by atoms with van der Waals surface area (Å²) < 4.78 is 24.4. The molecule has 0 unspecified atom stereocenters. The molecule has 0 aliphatic carbocycles. The van der Waals surface area contributed by atoms with Crippen LogP contribution in [0.2, 0.25) is 0 Å². The maximum atomic E-state index is 11.9. The molecule has 21 heavy (non-hydrogen) atoms. The summed E-state index contributed by atoms with van der Waals surface area (Å²) in [6.07, 6.45) is 1.62. The normalized spacial score (nSPS) is 13.2. The minimum atomic E-state index is -3.19. The Morgan fingerprint density at radius 3 is 2.19 bits per heavy atom. The zero-order valence-electron chi connectivity index (χ0n) is 13.0. The van der Waals surface area contributed by atoms with Gasteiger partial charge < -0.3 is 5.32 Å². The van der Waals surface area contributed by atoms with Gasteiger partial charge in [0.05, 0.1) is 6.26 Å². The van der Waals surface area contributed by atoms with Gasteiger partial charge in [0.2, 0.25) is 15.9 Å². The average molecular weight is 312 g/mol. The van der Waals surface area contributed by atoms with Gasteiger partial charge in [-0.25, -0.2) is 13.1 Å². The van der Waals surface area contributed by atoms with Crippen LogP contribution >= 0.6 is 0 Å². The van der Waals surface area contributed by atoms with Gasteiger partial charge in [0.15, 0.2) is 0 Å². The van der Waals surface area contributed by atoms with Gasteiger partial charge in [-0.15, -0.1) is 0 Å². The second-order valence-electron chi connectivity index (χ2n) is 5.76. The number of carbonyl (C=O) groups is 1. The fourth-order valence-electron chi connectivity index (χ4n) is 1.66. The van der Waals surface area contributed by atoms with E-state index < -0.39 is 10.0 Å². The number of amides is 1. The van der Waals surface area contributed by atoms with Crippen LogP contribution in [0.5, 0.6) is 0 Å². The van der Waals surface area contributed by atoms with Crippen molar-refractivity contribution < 1.29 is 13.2 Å². The number of rotatable bonds is 7. The molecule has 0 aromatic heterocycles. The summed E-state index contributed by atoms with van der Waals surface area (Å²) in [5.41, 5.74) is 1.56. The van der Waals surface area contributed by atoms with Crippen LogP contribution in [0.25, 0.3) is 0 Å². The smallest absolute Gasteiger partial charge is 0.224 e. The fourth-order valence-corrected chi connectivity index (χ4v) is 2.09. The molecule has 2 N–H and O–H groups in total. The van der Waals surface area contributed by atoms with Crippen molar-refractivity contribution in [1.82, 2.24) is 4.72 Å². The van der Waals surface area contributed by atoms with E-state index in [0.29, 0.717) is 18.3 Å². The first-order valence-electron chi connectivity index (χ1n) is 7.01. The first-order chi connectivity index (χ1) is 9.67. The Hall–Kier alpha value is -1.40. The second-order valence-corrected chi connectivity index (χ2v) is 7.60. The zero-order valence-corrected chi connectivity index (χ0v) is 13.8. The molecule has 1 atom stereocenters. The van der Waals surface area contributed by atoms with Crippen molar-refractivity contribution in [3.05, 3.63) is 29.8 Å². The Bertz CT molecular complexity index is 565. The summed E-state index contributed by atoms with van der Waals surface area (Å²) in [6, 6.07) is 7.13. The van der Waals surface area contributed by atoms with E-state index in [1.165, 1.54) is 0 Å². The SMILES string of the molecule is CC(C)[C@H](C)CC(=O)Nc1ccc(CNS(C)(=O)=O)cc1. The van der Waals surface area contributed by atoms with Gasteiger partial charge >= 0.3 is 0 Å². The quantitative estimate of drug-likeness (QED) is 0.811. The van der Waals surface area contributed by atoms with E-state index in [1.807, 2.05) is 0 Å². The third kappa shape index (κ3) is 7.24. The van der Waals surface area contributed by atoms with Crippen LogP contribution in [-0.4, -0.2) is 20.6 Å². The minimum Gasteiger partial charge on any atom is -0.326 e. The lowest BCUT2D eigenvalue weighted by atomic mass is 9.94. The molecule has 5 nitrogen and oxygen atoms in total. The van der Waals surface area contributed by atoms with Crippen LogP contribution in [0.1, 0.15) is 32.8 Å². The third-order valence-corrected chi connectivity index (χ3v) is 4.09. The minimum absolute atomic E-state index is 0.00166. The van der Waals surface area contributed by atoms with Crippen LogP contribution in [0, 0.1) is 11.8 Å². The van der Waals surface area contributed by atoms with E-state index in [-0.39, 0.29) is 12.5 Å².